The van der Waals surface area contributed by atoms with Gasteiger partial charge < -0.3 is 8.98 Å². The molecule has 0 aliphatic carbocycles. The molecule has 0 bridgehead atoms. The number of nitrogens with zero attached hydrogens (tertiary/aromatic N) is 3. The molecular formula is C20H23N3O2S. The zero-order valence-electron chi connectivity index (χ0n) is 15.6. The molecule has 0 saturated heterocycles. The summed E-state index contributed by atoms with van der Waals surface area (Å²) in [7, 11) is 1.91. The van der Waals surface area contributed by atoms with Crippen LogP contribution in [0.2, 0.25) is 0 Å². The number of Topliss-reactive ketones (excluding diaryl/α,β-unsaturated/α-hetero) is 1. The number of benzene rings is 1. The molecule has 2 heterocycles. The van der Waals surface area contributed by atoms with Gasteiger partial charge in [0, 0.05) is 12.6 Å². The van der Waals surface area contributed by atoms with Crippen molar-refractivity contribution in [3.8, 4) is 11.4 Å². The molecule has 0 aliphatic rings. The van der Waals surface area contributed by atoms with Crippen molar-refractivity contribution in [3.05, 3.63) is 53.0 Å². The number of furan rings is 1. The molecule has 3 rings (SSSR count). The van der Waals surface area contributed by atoms with E-state index in [0.717, 1.165) is 46.3 Å². The van der Waals surface area contributed by atoms with Crippen molar-refractivity contribution < 1.29 is 9.21 Å². The predicted octanol–water partition coefficient (Wildman–Crippen LogP) is 4.48. The van der Waals surface area contributed by atoms with Crippen LogP contribution < -0.4 is 0 Å². The second-order valence-electron chi connectivity index (χ2n) is 6.17. The van der Waals surface area contributed by atoms with Gasteiger partial charge in [0.05, 0.1) is 17.6 Å². The normalized spacial score (nSPS) is 11.1. The summed E-state index contributed by atoms with van der Waals surface area (Å²) in [5.41, 5.74) is 4.03. The van der Waals surface area contributed by atoms with Gasteiger partial charge in [0.1, 0.15) is 5.76 Å². The van der Waals surface area contributed by atoms with Gasteiger partial charge in [-0.1, -0.05) is 37.7 Å². The molecule has 0 radical (unpaired) electrons. The smallest absolute Gasteiger partial charge is 0.191 e. The summed E-state index contributed by atoms with van der Waals surface area (Å²) in [6, 6.07) is 8.07. The summed E-state index contributed by atoms with van der Waals surface area (Å²) in [5, 5.41) is 9.21. The molecule has 2 aromatic heterocycles. The highest BCUT2D eigenvalue weighted by atomic mass is 32.2. The van der Waals surface area contributed by atoms with E-state index in [1.165, 1.54) is 17.3 Å². The number of aryl methyl sites for hydroxylation is 3. The standard InChI is InChI=1S/C20H23N3O2S/c1-5-14-7-8-15(6-2)17(11-14)18(24)12-26-20-22-21-19(23(20)4)16-9-10-25-13(16)3/h7-11H,5-6,12H2,1-4H3. The Bertz CT molecular complexity index is 927. The third-order valence-electron chi connectivity index (χ3n) is 4.53. The maximum Gasteiger partial charge on any atom is 0.191 e. The third kappa shape index (κ3) is 3.60. The van der Waals surface area contributed by atoms with E-state index in [-0.39, 0.29) is 5.78 Å². The van der Waals surface area contributed by atoms with Crippen LogP contribution in [0, 0.1) is 6.92 Å². The molecule has 0 atom stereocenters. The van der Waals surface area contributed by atoms with Crippen molar-refractivity contribution in [1.82, 2.24) is 14.8 Å². The van der Waals surface area contributed by atoms with E-state index in [0.29, 0.717) is 5.75 Å². The molecule has 0 saturated carbocycles. The first-order chi connectivity index (χ1) is 12.5. The van der Waals surface area contributed by atoms with Crippen LogP contribution in [0.25, 0.3) is 11.4 Å². The van der Waals surface area contributed by atoms with Crippen molar-refractivity contribution in [3.63, 3.8) is 0 Å². The summed E-state index contributed by atoms with van der Waals surface area (Å²) in [6.45, 7) is 6.07. The second-order valence-corrected chi connectivity index (χ2v) is 7.11. The highest BCUT2D eigenvalue weighted by molar-refractivity contribution is 7.99. The first-order valence-corrected chi connectivity index (χ1v) is 9.75. The van der Waals surface area contributed by atoms with Crippen molar-refractivity contribution >= 4 is 17.5 Å². The molecular weight excluding hydrogens is 346 g/mol. The zero-order valence-corrected chi connectivity index (χ0v) is 16.4. The number of carbonyl (C=O) groups is 1. The lowest BCUT2D eigenvalue weighted by Crippen LogP contribution is -2.08. The number of hydrogen-bond donors (Lipinski definition) is 0. The Kier molecular flexibility index (Phi) is 5.61. The first kappa shape index (κ1) is 18.5. The molecule has 0 spiro atoms. The Morgan fingerprint density at radius 3 is 2.65 bits per heavy atom. The minimum Gasteiger partial charge on any atom is -0.469 e. The van der Waals surface area contributed by atoms with Crippen molar-refractivity contribution in [2.45, 2.75) is 38.8 Å². The lowest BCUT2D eigenvalue weighted by atomic mass is 9.98. The molecule has 0 aliphatic heterocycles. The maximum absolute atomic E-state index is 12.8. The quantitative estimate of drug-likeness (QED) is 0.454. The van der Waals surface area contributed by atoms with Gasteiger partial charge in [-0.2, -0.15) is 0 Å². The third-order valence-corrected chi connectivity index (χ3v) is 5.55. The molecule has 26 heavy (non-hydrogen) atoms. The zero-order chi connectivity index (χ0) is 18.7. The Morgan fingerprint density at radius 2 is 2.00 bits per heavy atom. The van der Waals surface area contributed by atoms with Crippen LogP contribution in [-0.2, 0) is 19.9 Å². The van der Waals surface area contributed by atoms with E-state index in [4.69, 9.17) is 4.42 Å². The van der Waals surface area contributed by atoms with E-state index in [9.17, 15) is 4.79 Å². The highest BCUT2D eigenvalue weighted by Gasteiger charge is 2.17. The highest BCUT2D eigenvalue weighted by Crippen LogP contribution is 2.26. The Hall–Kier alpha value is -2.34. The SMILES string of the molecule is CCc1ccc(CC)c(C(=O)CSc2nnc(-c3ccoc3C)n2C)c1. The van der Waals surface area contributed by atoms with Crippen molar-refractivity contribution in [1.29, 1.82) is 0 Å². The molecule has 136 valence electrons. The van der Waals surface area contributed by atoms with E-state index in [2.05, 4.69) is 36.2 Å². The fourth-order valence-electron chi connectivity index (χ4n) is 2.91. The number of rotatable bonds is 7. The molecule has 0 N–H and O–H groups in total. The van der Waals surface area contributed by atoms with Crippen molar-refractivity contribution in [2.75, 3.05) is 5.75 Å². The Morgan fingerprint density at radius 1 is 1.19 bits per heavy atom. The summed E-state index contributed by atoms with van der Waals surface area (Å²) < 4.78 is 7.25. The van der Waals surface area contributed by atoms with Crippen molar-refractivity contribution in [2.24, 2.45) is 7.05 Å². The van der Waals surface area contributed by atoms with Gasteiger partial charge in [-0.25, -0.2) is 0 Å². The second kappa shape index (κ2) is 7.91. The van der Waals surface area contributed by atoms with E-state index in [1.807, 2.05) is 30.7 Å². The molecule has 0 amide bonds. The van der Waals surface area contributed by atoms with Gasteiger partial charge in [-0.05, 0) is 43.0 Å². The van der Waals surface area contributed by atoms with E-state index in [1.54, 1.807) is 6.26 Å². The molecule has 3 aromatic rings. The number of hydrogen-bond acceptors (Lipinski definition) is 5. The van der Waals surface area contributed by atoms with Crippen LogP contribution in [0.4, 0.5) is 0 Å². The monoisotopic (exact) mass is 369 g/mol. The minimum atomic E-state index is 0.131. The minimum absolute atomic E-state index is 0.131. The number of aromatic nitrogens is 3. The van der Waals surface area contributed by atoms with Crippen LogP contribution in [0.15, 0.2) is 40.1 Å². The molecule has 6 heteroatoms. The van der Waals surface area contributed by atoms with Gasteiger partial charge in [-0.3, -0.25) is 4.79 Å². The van der Waals surface area contributed by atoms with E-state index >= 15 is 0 Å². The van der Waals surface area contributed by atoms with Gasteiger partial charge in [0.15, 0.2) is 16.8 Å². The summed E-state index contributed by atoms with van der Waals surface area (Å²) in [6.07, 6.45) is 3.42. The summed E-state index contributed by atoms with van der Waals surface area (Å²) >= 11 is 1.42. The first-order valence-electron chi connectivity index (χ1n) is 8.76. The van der Waals surface area contributed by atoms with Gasteiger partial charge in [0.25, 0.3) is 0 Å². The van der Waals surface area contributed by atoms with Crippen LogP contribution in [0.3, 0.4) is 0 Å². The van der Waals surface area contributed by atoms with Gasteiger partial charge in [0.2, 0.25) is 0 Å². The Labute approximate surface area is 157 Å². The maximum atomic E-state index is 12.8. The lowest BCUT2D eigenvalue weighted by Gasteiger charge is -2.09. The van der Waals surface area contributed by atoms with Crippen LogP contribution in [0.5, 0.6) is 0 Å². The lowest BCUT2D eigenvalue weighted by molar-refractivity contribution is 0.102. The number of thioether (sulfide) groups is 1. The molecule has 1 aromatic carbocycles. The summed E-state index contributed by atoms with van der Waals surface area (Å²) in [4.78, 5) is 12.8. The van der Waals surface area contributed by atoms with Crippen LogP contribution in [-0.4, -0.2) is 26.3 Å². The molecule has 0 fully saturated rings. The van der Waals surface area contributed by atoms with Gasteiger partial charge >= 0.3 is 0 Å². The fourth-order valence-corrected chi connectivity index (χ4v) is 3.71. The van der Waals surface area contributed by atoms with Crippen LogP contribution in [0.1, 0.15) is 41.1 Å². The molecule has 0 unspecified atom stereocenters. The van der Waals surface area contributed by atoms with Gasteiger partial charge in [-0.15, -0.1) is 10.2 Å². The average molecular weight is 369 g/mol. The molecule has 5 nitrogen and oxygen atoms in total. The Balaban J connectivity index is 1.77. The predicted molar refractivity (Wildman–Crippen MR) is 104 cm³/mol. The number of carbonyl (C=O) groups excluding carboxylic acids is 1. The largest absolute Gasteiger partial charge is 0.469 e. The van der Waals surface area contributed by atoms with E-state index < -0.39 is 0 Å². The summed E-state index contributed by atoms with van der Waals surface area (Å²) in [5.74, 6) is 2.02. The number of ketones is 1. The van der Waals surface area contributed by atoms with Crippen LogP contribution >= 0.6 is 11.8 Å². The fraction of sp³-hybridized carbons (Fsp3) is 0.350. The average Bonchev–Trinajstić information content (AvgIpc) is 3.24. The topological polar surface area (TPSA) is 60.9 Å².